The van der Waals surface area contributed by atoms with Crippen molar-refractivity contribution in [3.8, 4) is 5.75 Å². The summed E-state index contributed by atoms with van der Waals surface area (Å²) in [5.74, 6) is 2.71. The molecule has 1 aromatic rings. The summed E-state index contributed by atoms with van der Waals surface area (Å²) in [4.78, 5) is 11.3. The molecule has 1 aromatic heterocycles. The molecule has 0 atom stereocenters. The van der Waals surface area contributed by atoms with Crippen molar-refractivity contribution in [2.24, 2.45) is 10.9 Å². The highest BCUT2D eigenvalue weighted by atomic mass is 16.5. The van der Waals surface area contributed by atoms with Crippen LogP contribution in [0.4, 0.5) is 0 Å². The van der Waals surface area contributed by atoms with Crippen molar-refractivity contribution >= 4 is 5.96 Å². The highest BCUT2D eigenvalue weighted by Crippen LogP contribution is 2.24. The smallest absolute Gasteiger partial charge is 0.193 e. The first-order valence-corrected chi connectivity index (χ1v) is 8.01. The first-order valence-electron chi connectivity index (χ1n) is 8.01. The number of hydrogen-bond acceptors (Lipinski definition) is 3. The Morgan fingerprint density at radius 1 is 1.41 bits per heavy atom. The fourth-order valence-electron chi connectivity index (χ4n) is 2.96. The minimum absolute atomic E-state index is 0.668. The molecule has 0 unspecified atom stereocenters. The summed E-state index contributed by atoms with van der Waals surface area (Å²) in [7, 11) is 3.55. The number of aryl methyl sites for hydroxylation is 1. The molecular weight excluding hydrogens is 276 g/mol. The standard InChI is InChI=1S/C17H28N4O/c1-12-6-8-21(9-7-12)17(18-4)20-11-15-14(3)16(22-5)13(2)10-19-15/h10,12H,6-9,11H2,1-5H3,(H,18,20). The number of nitrogens with zero attached hydrogens (tertiary/aromatic N) is 3. The van der Waals surface area contributed by atoms with Gasteiger partial charge >= 0.3 is 0 Å². The van der Waals surface area contributed by atoms with E-state index in [9.17, 15) is 0 Å². The van der Waals surface area contributed by atoms with Crippen molar-refractivity contribution in [3.05, 3.63) is 23.0 Å². The third-order valence-electron chi connectivity index (χ3n) is 4.46. The quantitative estimate of drug-likeness (QED) is 0.688. The van der Waals surface area contributed by atoms with E-state index in [1.165, 1.54) is 12.8 Å². The molecule has 1 saturated heterocycles. The molecule has 1 aliphatic heterocycles. The van der Waals surface area contributed by atoms with E-state index in [1.807, 2.05) is 20.2 Å². The maximum Gasteiger partial charge on any atom is 0.193 e. The molecule has 5 heteroatoms. The SMILES string of the molecule is CN=C(NCc1ncc(C)c(OC)c1C)N1CCC(C)CC1. The number of piperidine rings is 1. The number of aliphatic imine (C=N–C) groups is 1. The molecule has 0 radical (unpaired) electrons. The zero-order valence-corrected chi connectivity index (χ0v) is 14.4. The van der Waals surface area contributed by atoms with E-state index in [1.54, 1.807) is 7.11 Å². The van der Waals surface area contributed by atoms with Gasteiger partial charge < -0.3 is 15.0 Å². The number of hydrogen-bond donors (Lipinski definition) is 1. The molecule has 1 aliphatic rings. The molecule has 0 aliphatic carbocycles. The lowest BCUT2D eigenvalue weighted by molar-refractivity contribution is 0.273. The predicted molar refractivity (Wildman–Crippen MR) is 90.4 cm³/mol. The zero-order chi connectivity index (χ0) is 16.1. The largest absolute Gasteiger partial charge is 0.496 e. The van der Waals surface area contributed by atoms with E-state index in [2.05, 4.69) is 34.0 Å². The normalized spacial score (nSPS) is 16.8. The second-order valence-electron chi connectivity index (χ2n) is 6.12. The first-order chi connectivity index (χ1) is 10.6. The molecule has 22 heavy (non-hydrogen) atoms. The van der Waals surface area contributed by atoms with Crippen LogP contribution < -0.4 is 10.1 Å². The monoisotopic (exact) mass is 304 g/mol. The van der Waals surface area contributed by atoms with Gasteiger partial charge in [0.05, 0.1) is 19.3 Å². The summed E-state index contributed by atoms with van der Waals surface area (Å²) in [6, 6.07) is 0. The molecule has 1 fully saturated rings. The highest BCUT2D eigenvalue weighted by molar-refractivity contribution is 5.79. The molecule has 0 amide bonds. The number of guanidine groups is 1. The maximum absolute atomic E-state index is 5.47. The van der Waals surface area contributed by atoms with Crippen LogP contribution in [-0.4, -0.2) is 43.1 Å². The molecule has 2 heterocycles. The number of rotatable bonds is 3. The van der Waals surface area contributed by atoms with Crippen LogP contribution in [0.25, 0.3) is 0 Å². The van der Waals surface area contributed by atoms with E-state index in [0.29, 0.717) is 6.54 Å². The van der Waals surface area contributed by atoms with Crippen molar-refractivity contribution in [2.75, 3.05) is 27.2 Å². The first kappa shape index (κ1) is 16.6. The van der Waals surface area contributed by atoms with Gasteiger partial charge in [0.15, 0.2) is 5.96 Å². The Morgan fingerprint density at radius 2 is 2.09 bits per heavy atom. The number of methoxy groups -OCH3 is 1. The lowest BCUT2D eigenvalue weighted by atomic mass is 9.99. The second kappa shape index (κ2) is 7.47. The van der Waals surface area contributed by atoms with Crippen molar-refractivity contribution in [3.63, 3.8) is 0 Å². The summed E-state index contributed by atoms with van der Waals surface area (Å²) in [5, 5.41) is 3.44. The minimum atomic E-state index is 0.668. The Bertz CT molecular complexity index is 534. The maximum atomic E-state index is 5.47. The van der Waals surface area contributed by atoms with Gasteiger partial charge in [-0.15, -0.1) is 0 Å². The summed E-state index contributed by atoms with van der Waals surface area (Å²) in [6.07, 6.45) is 4.33. The fraction of sp³-hybridized carbons (Fsp3) is 0.647. The van der Waals surface area contributed by atoms with Gasteiger partial charge in [0.2, 0.25) is 0 Å². The van der Waals surface area contributed by atoms with Crippen LogP contribution in [0.2, 0.25) is 0 Å². The van der Waals surface area contributed by atoms with Gasteiger partial charge in [0.25, 0.3) is 0 Å². The summed E-state index contributed by atoms with van der Waals surface area (Å²) < 4.78 is 5.47. The number of pyridine rings is 1. The summed E-state index contributed by atoms with van der Waals surface area (Å²) >= 11 is 0. The lowest BCUT2D eigenvalue weighted by Crippen LogP contribution is -2.45. The zero-order valence-electron chi connectivity index (χ0n) is 14.4. The topological polar surface area (TPSA) is 49.8 Å². The second-order valence-corrected chi connectivity index (χ2v) is 6.12. The Labute approximate surface area is 133 Å². The number of aromatic nitrogens is 1. The van der Waals surface area contributed by atoms with Crippen molar-refractivity contribution in [2.45, 2.75) is 40.2 Å². The number of nitrogens with one attached hydrogen (secondary N) is 1. The van der Waals surface area contributed by atoms with Crippen LogP contribution in [0, 0.1) is 19.8 Å². The number of likely N-dealkylation sites (tertiary alicyclic amines) is 1. The van der Waals surface area contributed by atoms with Crippen molar-refractivity contribution in [1.82, 2.24) is 15.2 Å². The molecule has 5 nitrogen and oxygen atoms in total. The summed E-state index contributed by atoms with van der Waals surface area (Å²) in [6.45, 7) is 9.21. The van der Waals surface area contributed by atoms with Gasteiger partial charge in [-0.05, 0) is 32.6 Å². The van der Waals surface area contributed by atoms with Gasteiger partial charge in [-0.25, -0.2) is 0 Å². The Morgan fingerprint density at radius 3 is 2.68 bits per heavy atom. The van der Waals surface area contributed by atoms with E-state index in [0.717, 1.165) is 47.5 Å². The van der Waals surface area contributed by atoms with E-state index < -0.39 is 0 Å². The molecule has 1 N–H and O–H groups in total. The Hall–Kier alpha value is -1.78. The third kappa shape index (κ3) is 3.70. The number of ether oxygens (including phenoxy) is 1. The average Bonchev–Trinajstić information content (AvgIpc) is 2.52. The Balaban J connectivity index is 2.02. The molecule has 0 aromatic carbocycles. The molecule has 0 bridgehead atoms. The van der Waals surface area contributed by atoms with Crippen molar-refractivity contribution < 1.29 is 4.74 Å². The van der Waals surface area contributed by atoms with Crippen LogP contribution in [-0.2, 0) is 6.54 Å². The van der Waals surface area contributed by atoms with Crippen LogP contribution in [0.15, 0.2) is 11.2 Å². The van der Waals surface area contributed by atoms with Crippen LogP contribution >= 0.6 is 0 Å². The third-order valence-corrected chi connectivity index (χ3v) is 4.46. The van der Waals surface area contributed by atoms with Gasteiger partial charge in [-0.2, -0.15) is 0 Å². The van der Waals surface area contributed by atoms with Crippen LogP contribution in [0.5, 0.6) is 5.75 Å². The van der Waals surface area contributed by atoms with Gasteiger partial charge in [0, 0.05) is 37.5 Å². The molecule has 122 valence electrons. The fourth-order valence-corrected chi connectivity index (χ4v) is 2.96. The molecule has 0 spiro atoms. The Kier molecular flexibility index (Phi) is 5.63. The van der Waals surface area contributed by atoms with Crippen molar-refractivity contribution in [1.29, 1.82) is 0 Å². The summed E-state index contributed by atoms with van der Waals surface area (Å²) in [5.41, 5.74) is 3.17. The molecule has 0 saturated carbocycles. The van der Waals surface area contributed by atoms with Crippen LogP contribution in [0.3, 0.4) is 0 Å². The highest BCUT2D eigenvalue weighted by Gasteiger charge is 2.19. The predicted octanol–water partition coefficient (Wildman–Crippen LogP) is 2.51. The average molecular weight is 304 g/mol. The van der Waals surface area contributed by atoms with Crippen LogP contribution in [0.1, 0.15) is 36.6 Å². The molecule has 2 rings (SSSR count). The van der Waals surface area contributed by atoms with Gasteiger partial charge in [-0.1, -0.05) is 6.92 Å². The van der Waals surface area contributed by atoms with E-state index in [-0.39, 0.29) is 0 Å². The minimum Gasteiger partial charge on any atom is -0.496 e. The van der Waals surface area contributed by atoms with Gasteiger partial charge in [0.1, 0.15) is 5.75 Å². The molecular formula is C17H28N4O. The lowest BCUT2D eigenvalue weighted by Gasteiger charge is -2.33. The van der Waals surface area contributed by atoms with E-state index >= 15 is 0 Å². The van der Waals surface area contributed by atoms with E-state index in [4.69, 9.17) is 4.74 Å². The van der Waals surface area contributed by atoms with Gasteiger partial charge in [-0.3, -0.25) is 9.98 Å².